The Morgan fingerprint density at radius 2 is 1.83 bits per heavy atom. The van der Waals surface area contributed by atoms with Gasteiger partial charge in [0.2, 0.25) is 0 Å². The van der Waals surface area contributed by atoms with E-state index in [1.165, 1.54) is 0 Å². The summed E-state index contributed by atoms with van der Waals surface area (Å²) in [5.74, 6) is 0.442. The van der Waals surface area contributed by atoms with E-state index < -0.39 is 0 Å². The van der Waals surface area contributed by atoms with E-state index in [4.69, 9.17) is 5.73 Å². The number of aromatic nitrogens is 3. The van der Waals surface area contributed by atoms with Gasteiger partial charge in [0.05, 0.1) is 5.52 Å². The highest BCUT2D eigenvalue weighted by Gasteiger charge is 2.05. The van der Waals surface area contributed by atoms with Crippen LogP contribution in [0.3, 0.4) is 0 Å². The number of fused-ring (bicyclic) bond motifs is 1. The van der Waals surface area contributed by atoms with Crippen molar-refractivity contribution in [2.45, 2.75) is 6.92 Å². The Balaban J connectivity index is 2.20. The SMILES string of the molecule is Cc1ccc2cc(-c3nccnc3N)ccc2n1. The Hall–Kier alpha value is -2.49. The molecule has 0 aliphatic carbocycles. The largest absolute Gasteiger partial charge is 0.382 e. The zero-order chi connectivity index (χ0) is 12.5. The predicted molar refractivity (Wildman–Crippen MR) is 71.9 cm³/mol. The minimum Gasteiger partial charge on any atom is -0.382 e. The van der Waals surface area contributed by atoms with Crippen LogP contribution in [0.2, 0.25) is 0 Å². The first kappa shape index (κ1) is 10.7. The van der Waals surface area contributed by atoms with Gasteiger partial charge < -0.3 is 5.73 Å². The topological polar surface area (TPSA) is 64.7 Å². The first-order valence-corrected chi connectivity index (χ1v) is 5.68. The van der Waals surface area contributed by atoms with Crippen molar-refractivity contribution in [3.8, 4) is 11.3 Å². The summed E-state index contributed by atoms with van der Waals surface area (Å²) in [6.45, 7) is 1.98. The quantitative estimate of drug-likeness (QED) is 0.705. The van der Waals surface area contributed by atoms with E-state index in [2.05, 4.69) is 15.0 Å². The van der Waals surface area contributed by atoms with Gasteiger partial charge in [0.15, 0.2) is 0 Å². The molecule has 0 radical (unpaired) electrons. The maximum atomic E-state index is 5.83. The van der Waals surface area contributed by atoms with Gasteiger partial charge in [-0.15, -0.1) is 0 Å². The molecule has 0 saturated carbocycles. The zero-order valence-corrected chi connectivity index (χ0v) is 9.96. The lowest BCUT2D eigenvalue weighted by molar-refractivity contribution is 1.21. The second-order valence-electron chi connectivity index (χ2n) is 4.15. The van der Waals surface area contributed by atoms with Gasteiger partial charge in [0.25, 0.3) is 0 Å². The fraction of sp³-hybridized carbons (Fsp3) is 0.0714. The van der Waals surface area contributed by atoms with Gasteiger partial charge in [0, 0.05) is 29.0 Å². The average Bonchev–Trinajstić information content (AvgIpc) is 2.39. The van der Waals surface area contributed by atoms with Crippen LogP contribution in [0.15, 0.2) is 42.7 Å². The molecule has 0 amide bonds. The van der Waals surface area contributed by atoms with Crippen LogP contribution < -0.4 is 5.73 Å². The molecule has 2 heterocycles. The van der Waals surface area contributed by atoms with Crippen LogP contribution >= 0.6 is 0 Å². The van der Waals surface area contributed by atoms with Crippen LogP contribution in [0.1, 0.15) is 5.69 Å². The van der Waals surface area contributed by atoms with E-state index in [-0.39, 0.29) is 0 Å². The number of anilines is 1. The molecular formula is C14H12N4. The number of benzene rings is 1. The lowest BCUT2D eigenvalue weighted by Gasteiger charge is -2.05. The lowest BCUT2D eigenvalue weighted by Crippen LogP contribution is -1.96. The molecule has 3 aromatic rings. The summed E-state index contributed by atoms with van der Waals surface area (Å²) < 4.78 is 0. The summed E-state index contributed by atoms with van der Waals surface area (Å²) in [5.41, 5.74) is 9.48. The van der Waals surface area contributed by atoms with E-state index in [0.717, 1.165) is 22.2 Å². The number of nitrogen functional groups attached to an aromatic ring is 1. The van der Waals surface area contributed by atoms with Crippen LogP contribution in [-0.4, -0.2) is 15.0 Å². The van der Waals surface area contributed by atoms with E-state index >= 15 is 0 Å². The monoisotopic (exact) mass is 236 g/mol. The summed E-state index contributed by atoms with van der Waals surface area (Å²) in [4.78, 5) is 12.8. The minimum absolute atomic E-state index is 0.442. The van der Waals surface area contributed by atoms with Gasteiger partial charge in [-0.2, -0.15) is 0 Å². The molecule has 3 rings (SSSR count). The van der Waals surface area contributed by atoms with Gasteiger partial charge in [-0.05, 0) is 25.1 Å². The number of nitrogens with two attached hydrogens (primary N) is 1. The van der Waals surface area contributed by atoms with Crippen molar-refractivity contribution in [2.24, 2.45) is 0 Å². The Labute approximate surface area is 105 Å². The molecule has 2 aromatic heterocycles. The predicted octanol–water partition coefficient (Wildman–Crippen LogP) is 2.58. The van der Waals surface area contributed by atoms with Crippen LogP contribution in [0, 0.1) is 6.92 Å². The Kier molecular flexibility index (Phi) is 2.41. The molecular weight excluding hydrogens is 224 g/mol. The number of pyridine rings is 1. The van der Waals surface area contributed by atoms with Crippen molar-refractivity contribution in [1.29, 1.82) is 0 Å². The maximum absolute atomic E-state index is 5.83. The van der Waals surface area contributed by atoms with Gasteiger partial charge in [0.1, 0.15) is 11.5 Å². The fourth-order valence-electron chi connectivity index (χ4n) is 1.95. The number of nitrogens with zero attached hydrogens (tertiary/aromatic N) is 3. The number of rotatable bonds is 1. The third-order valence-electron chi connectivity index (χ3n) is 2.83. The standard InChI is InChI=1S/C14H12N4/c1-9-2-3-10-8-11(4-5-12(10)18-9)13-14(15)17-7-6-16-13/h2-8H,1H3,(H2,15,17). The first-order valence-electron chi connectivity index (χ1n) is 5.68. The van der Waals surface area contributed by atoms with Gasteiger partial charge in [-0.25, -0.2) is 4.98 Å². The molecule has 2 N–H and O–H groups in total. The van der Waals surface area contributed by atoms with E-state index in [9.17, 15) is 0 Å². The smallest absolute Gasteiger partial charge is 0.149 e. The van der Waals surface area contributed by atoms with Crippen LogP contribution in [0.5, 0.6) is 0 Å². The number of hydrogen-bond acceptors (Lipinski definition) is 4. The molecule has 0 aliphatic rings. The number of hydrogen-bond donors (Lipinski definition) is 1. The first-order chi connectivity index (χ1) is 8.74. The molecule has 0 unspecified atom stereocenters. The highest BCUT2D eigenvalue weighted by atomic mass is 14.9. The van der Waals surface area contributed by atoms with E-state index in [1.807, 2.05) is 37.3 Å². The van der Waals surface area contributed by atoms with Crippen LogP contribution in [0.25, 0.3) is 22.2 Å². The molecule has 0 saturated heterocycles. The van der Waals surface area contributed by atoms with E-state index in [0.29, 0.717) is 11.5 Å². The second-order valence-corrected chi connectivity index (χ2v) is 4.15. The van der Waals surface area contributed by atoms with Crippen molar-refractivity contribution < 1.29 is 0 Å². The minimum atomic E-state index is 0.442. The van der Waals surface area contributed by atoms with Crippen LogP contribution in [-0.2, 0) is 0 Å². The van der Waals surface area contributed by atoms with Crippen molar-refractivity contribution in [1.82, 2.24) is 15.0 Å². The molecule has 1 aromatic carbocycles. The summed E-state index contributed by atoms with van der Waals surface area (Å²) in [7, 11) is 0. The fourth-order valence-corrected chi connectivity index (χ4v) is 1.95. The highest BCUT2D eigenvalue weighted by Crippen LogP contribution is 2.24. The molecule has 0 aliphatic heterocycles. The van der Waals surface area contributed by atoms with Crippen molar-refractivity contribution >= 4 is 16.7 Å². The summed E-state index contributed by atoms with van der Waals surface area (Å²) >= 11 is 0. The molecule has 0 atom stereocenters. The van der Waals surface area contributed by atoms with Gasteiger partial charge in [-0.1, -0.05) is 12.1 Å². The zero-order valence-electron chi connectivity index (χ0n) is 9.96. The van der Waals surface area contributed by atoms with Crippen molar-refractivity contribution in [3.63, 3.8) is 0 Å². The van der Waals surface area contributed by atoms with E-state index in [1.54, 1.807) is 12.4 Å². The Morgan fingerprint density at radius 1 is 1.00 bits per heavy atom. The summed E-state index contributed by atoms with van der Waals surface area (Å²) in [5, 5.41) is 1.07. The third-order valence-corrected chi connectivity index (χ3v) is 2.83. The third kappa shape index (κ3) is 1.78. The summed E-state index contributed by atoms with van der Waals surface area (Å²) in [6.07, 6.45) is 3.23. The normalized spacial score (nSPS) is 10.7. The summed E-state index contributed by atoms with van der Waals surface area (Å²) in [6, 6.07) is 10.0. The van der Waals surface area contributed by atoms with Crippen LogP contribution in [0.4, 0.5) is 5.82 Å². The number of aryl methyl sites for hydroxylation is 1. The highest BCUT2D eigenvalue weighted by molar-refractivity contribution is 5.85. The molecule has 0 bridgehead atoms. The lowest BCUT2D eigenvalue weighted by atomic mass is 10.1. The van der Waals surface area contributed by atoms with Crippen molar-refractivity contribution in [3.05, 3.63) is 48.4 Å². The Morgan fingerprint density at radius 3 is 2.67 bits per heavy atom. The van der Waals surface area contributed by atoms with Crippen molar-refractivity contribution in [2.75, 3.05) is 5.73 Å². The Bertz CT molecular complexity index is 722. The van der Waals surface area contributed by atoms with Gasteiger partial charge in [-0.3, -0.25) is 9.97 Å². The molecule has 18 heavy (non-hydrogen) atoms. The average molecular weight is 236 g/mol. The molecule has 0 fully saturated rings. The molecule has 4 heteroatoms. The molecule has 88 valence electrons. The molecule has 4 nitrogen and oxygen atoms in total. The van der Waals surface area contributed by atoms with Gasteiger partial charge >= 0.3 is 0 Å². The second kappa shape index (κ2) is 4.07. The molecule has 0 spiro atoms. The maximum Gasteiger partial charge on any atom is 0.149 e.